The van der Waals surface area contributed by atoms with Crippen molar-refractivity contribution in [1.82, 2.24) is 9.55 Å². The summed E-state index contributed by atoms with van der Waals surface area (Å²) in [6, 6.07) is 15.4. The van der Waals surface area contributed by atoms with Crippen LogP contribution in [0.3, 0.4) is 0 Å². The van der Waals surface area contributed by atoms with E-state index < -0.39 is 18.1 Å². The zero-order valence-electron chi connectivity index (χ0n) is 19.5. The van der Waals surface area contributed by atoms with Gasteiger partial charge in [0.1, 0.15) is 11.4 Å². The van der Waals surface area contributed by atoms with Crippen LogP contribution in [0.15, 0.2) is 65.6 Å². The van der Waals surface area contributed by atoms with Crippen LogP contribution >= 0.6 is 0 Å². The van der Waals surface area contributed by atoms with Crippen molar-refractivity contribution in [2.24, 2.45) is 5.73 Å². The molecule has 36 heavy (non-hydrogen) atoms. The third-order valence-corrected chi connectivity index (χ3v) is 6.38. The molecule has 2 aromatic carbocycles. The molecule has 5 rings (SSSR count). The van der Waals surface area contributed by atoms with Gasteiger partial charge >= 0.3 is 0 Å². The number of pyridine rings is 2. The Bertz CT molecular complexity index is 1480. The van der Waals surface area contributed by atoms with E-state index in [9.17, 15) is 19.1 Å². The average molecular weight is 489 g/mol. The van der Waals surface area contributed by atoms with Crippen LogP contribution in [0.25, 0.3) is 16.7 Å². The Kier molecular flexibility index (Phi) is 6.49. The Balaban J connectivity index is 1.66. The van der Waals surface area contributed by atoms with Crippen LogP contribution in [0, 0.1) is 5.82 Å². The number of primary amides is 1. The number of benzene rings is 2. The van der Waals surface area contributed by atoms with Crippen LogP contribution in [-0.4, -0.2) is 46.9 Å². The molecule has 1 amide bonds. The molecule has 0 spiro atoms. The number of rotatable bonds is 6. The van der Waals surface area contributed by atoms with Crippen molar-refractivity contribution in [1.29, 1.82) is 0 Å². The summed E-state index contributed by atoms with van der Waals surface area (Å²) in [4.78, 5) is 32.5. The highest BCUT2D eigenvalue weighted by atomic mass is 19.1. The van der Waals surface area contributed by atoms with Gasteiger partial charge in [0.25, 0.3) is 11.5 Å². The predicted molar refractivity (Wildman–Crippen MR) is 134 cm³/mol. The van der Waals surface area contributed by atoms with Crippen LogP contribution in [0.4, 0.5) is 10.1 Å². The molecule has 184 valence electrons. The SMILES string of the molecule is NC(=O)c1c(CO)c2ncc(Cc3ccc(F)cc3)cc2n(-c2ccc(N3CCOCC3)cc2)c1=O. The molecule has 0 saturated carbocycles. The Hall–Kier alpha value is -4.08. The predicted octanol–water partition coefficient (Wildman–Crippen LogP) is 2.54. The van der Waals surface area contributed by atoms with E-state index in [1.54, 1.807) is 24.4 Å². The summed E-state index contributed by atoms with van der Waals surface area (Å²) in [6.45, 7) is 2.29. The van der Waals surface area contributed by atoms with E-state index >= 15 is 0 Å². The summed E-state index contributed by atoms with van der Waals surface area (Å²) < 4.78 is 20.2. The number of amides is 1. The van der Waals surface area contributed by atoms with Crippen LogP contribution in [0.2, 0.25) is 0 Å². The number of aromatic nitrogens is 2. The molecule has 0 unspecified atom stereocenters. The first-order valence-electron chi connectivity index (χ1n) is 11.6. The Morgan fingerprint density at radius 3 is 2.33 bits per heavy atom. The molecule has 8 nitrogen and oxygen atoms in total. The standard InChI is InChI=1S/C27H25FN4O4/c28-19-3-1-17(2-4-19)13-18-14-23-25(30-15-18)22(16-33)24(26(29)34)27(35)32(23)21-7-5-20(6-8-21)31-9-11-36-12-10-31/h1-8,14-15,33H,9-13,16H2,(H2,29,34). The smallest absolute Gasteiger partial charge is 0.268 e. The zero-order valence-corrected chi connectivity index (χ0v) is 19.5. The molecule has 3 heterocycles. The fraction of sp³-hybridized carbons (Fsp3) is 0.222. The summed E-state index contributed by atoms with van der Waals surface area (Å²) in [5.41, 5.74) is 8.67. The monoisotopic (exact) mass is 488 g/mol. The number of anilines is 1. The molecule has 1 aliphatic rings. The molecule has 0 atom stereocenters. The van der Waals surface area contributed by atoms with E-state index in [0.717, 1.165) is 29.9 Å². The van der Waals surface area contributed by atoms with Gasteiger partial charge in [0.15, 0.2) is 0 Å². The zero-order chi connectivity index (χ0) is 25.2. The Morgan fingerprint density at radius 1 is 1.03 bits per heavy atom. The van der Waals surface area contributed by atoms with Gasteiger partial charge in [-0.15, -0.1) is 0 Å². The summed E-state index contributed by atoms with van der Waals surface area (Å²) >= 11 is 0. The Morgan fingerprint density at radius 2 is 1.69 bits per heavy atom. The van der Waals surface area contributed by atoms with Crippen molar-refractivity contribution in [2.45, 2.75) is 13.0 Å². The van der Waals surface area contributed by atoms with Crippen molar-refractivity contribution in [3.05, 3.63) is 99.2 Å². The van der Waals surface area contributed by atoms with Gasteiger partial charge in [-0.2, -0.15) is 0 Å². The first kappa shape index (κ1) is 23.7. The van der Waals surface area contributed by atoms with Crippen molar-refractivity contribution >= 4 is 22.6 Å². The Labute approximate surface area is 206 Å². The van der Waals surface area contributed by atoms with E-state index in [1.807, 2.05) is 24.3 Å². The molecule has 1 saturated heterocycles. The number of nitrogens with two attached hydrogens (primary N) is 1. The number of ether oxygens (including phenoxy) is 1. The molecule has 0 radical (unpaired) electrons. The normalized spacial score (nSPS) is 13.8. The quantitative estimate of drug-likeness (QED) is 0.432. The number of hydrogen-bond donors (Lipinski definition) is 2. The number of aliphatic hydroxyl groups excluding tert-OH is 1. The van der Waals surface area contributed by atoms with E-state index in [0.29, 0.717) is 36.4 Å². The summed E-state index contributed by atoms with van der Waals surface area (Å²) in [7, 11) is 0. The van der Waals surface area contributed by atoms with Gasteiger partial charge in [0, 0.05) is 36.2 Å². The van der Waals surface area contributed by atoms with Gasteiger partial charge in [-0.3, -0.25) is 19.1 Å². The van der Waals surface area contributed by atoms with Gasteiger partial charge in [0.05, 0.1) is 30.9 Å². The first-order valence-corrected chi connectivity index (χ1v) is 11.6. The lowest BCUT2D eigenvalue weighted by molar-refractivity contribution is 0.0995. The number of nitrogens with zero attached hydrogens (tertiary/aromatic N) is 3. The topological polar surface area (TPSA) is 111 Å². The minimum atomic E-state index is -0.929. The number of hydrogen-bond acceptors (Lipinski definition) is 6. The molecule has 9 heteroatoms. The van der Waals surface area contributed by atoms with Gasteiger partial charge in [-0.1, -0.05) is 12.1 Å². The van der Waals surface area contributed by atoms with Crippen LogP contribution in [0.5, 0.6) is 0 Å². The molecule has 1 aliphatic heterocycles. The van der Waals surface area contributed by atoms with Gasteiger partial charge in [0.2, 0.25) is 0 Å². The van der Waals surface area contributed by atoms with E-state index in [2.05, 4.69) is 9.88 Å². The second-order valence-corrected chi connectivity index (χ2v) is 8.65. The van der Waals surface area contributed by atoms with Crippen LogP contribution in [-0.2, 0) is 17.8 Å². The van der Waals surface area contributed by atoms with Gasteiger partial charge < -0.3 is 20.5 Å². The van der Waals surface area contributed by atoms with Crippen LogP contribution in [0.1, 0.15) is 27.0 Å². The second kappa shape index (κ2) is 9.88. The molecular formula is C27H25FN4O4. The first-order chi connectivity index (χ1) is 17.5. The van der Waals surface area contributed by atoms with E-state index in [1.165, 1.54) is 16.7 Å². The third-order valence-electron chi connectivity index (χ3n) is 6.38. The molecule has 3 N–H and O–H groups in total. The fourth-order valence-corrected chi connectivity index (χ4v) is 4.60. The van der Waals surface area contributed by atoms with Crippen molar-refractivity contribution < 1.29 is 19.0 Å². The highest BCUT2D eigenvalue weighted by Crippen LogP contribution is 2.25. The molecule has 2 aromatic heterocycles. The molecular weight excluding hydrogens is 463 g/mol. The second-order valence-electron chi connectivity index (χ2n) is 8.65. The lowest BCUT2D eigenvalue weighted by Gasteiger charge is -2.29. The highest BCUT2D eigenvalue weighted by molar-refractivity contribution is 5.98. The number of carbonyl (C=O) groups excluding carboxylic acids is 1. The van der Waals surface area contributed by atoms with Crippen molar-refractivity contribution in [3.8, 4) is 5.69 Å². The minimum absolute atomic E-state index is 0.0945. The largest absolute Gasteiger partial charge is 0.392 e. The maximum absolute atomic E-state index is 13.6. The summed E-state index contributed by atoms with van der Waals surface area (Å²) in [6.07, 6.45) is 2.07. The number of carbonyl (C=O) groups is 1. The minimum Gasteiger partial charge on any atom is -0.392 e. The average Bonchev–Trinajstić information content (AvgIpc) is 2.90. The van der Waals surface area contributed by atoms with Crippen molar-refractivity contribution in [3.63, 3.8) is 0 Å². The fourth-order valence-electron chi connectivity index (χ4n) is 4.60. The molecule has 0 bridgehead atoms. The number of aliphatic hydroxyl groups is 1. The lowest BCUT2D eigenvalue weighted by Crippen LogP contribution is -2.36. The molecule has 1 fully saturated rings. The maximum atomic E-state index is 13.6. The number of halogens is 1. The molecule has 0 aliphatic carbocycles. The van der Waals surface area contributed by atoms with Gasteiger partial charge in [-0.05, 0) is 60.0 Å². The molecule has 4 aromatic rings. The maximum Gasteiger partial charge on any atom is 0.268 e. The summed E-state index contributed by atoms with van der Waals surface area (Å²) in [5, 5.41) is 10.0. The van der Waals surface area contributed by atoms with Crippen molar-refractivity contribution in [2.75, 3.05) is 31.2 Å². The number of fused-ring (bicyclic) bond motifs is 1. The van der Waals surface area contributed by atoms with Crippen LogP contribution < -0.4 is 16.2 Å². The van der Waals surface area contributed by atoms with Gasteiger partial charge in [-0.25, -0.2) is 4.39 Å². The third kappa shape index (κ3) is 4.46. The summed E-state index contributed by atoms with van der Waals surface area (Å²) in [5.74, 6) is -1.25. The highest BCUT2D eigenvalue weighted by Gasteiger charge is 2.22. The van der Waals surface area contributed by atoms with E-state index in [4.69, 9.17) is 10.5 Å². The lowest BCUT2D eigenvalue weighted by atomic mass is 10.0. The van der Waals surface area contributed by atoms with E-state index in [-0.39, 0.29) is 16.9 Å². The number of morpholine rings is 1.